The van der Waals surface area contributed by atoms with Gasteiger partial charge in [-0.3, -0.25) is 0 Å². The lowest BCUT2D eigenvalue weighted by Gasteiger charge is -2.20. The Balaban J connectivity index is 2.13. The summed E-state index contributed by atoms with van der Waals surface area (Å²) in [6.45, 7) is 4.97. The highest BCUT2D eigenvalue weighted by Gasteiger charge is 2.10. The summed E-state index contributed by atoms with van der Waals surface area (Å²) in [6.07, 6.45) is 0. The molecule has 2 N–H and O–H groups in total. The molecule has 0 atom stereocenters. The minimum Gasteiger partial charge on any atom is -0.354 e. The zero-order valence-electron chi connectivity index (χ0n) is 8.54. The smallest absolute Gasteiger partial charge is 0.196 e. The molecule has 0 saturated heterocycles. The number of fused-ring (bicyclic) bond motifs is 1. The first kappa shape index (κ1) is 9.06. The first-order valence-corrected chi connectivity index (χ1v) is 4.91. The summed E-state index contributed by atoms with van der Waals surface area (Å²) in [5.74, 6) is 0.874. The number of nitrogens with one attached hydrogen (secondary N) is 2. The fraction of sp³-hybridized carbons (Fsp3) is 0.364. The lowest BCUT2D eigenvalue weighted by Crippen LogP contribution is -2.37. The molecule has 1 aliphatic heterocycles. The molecular weight excluding hydrogens is 174 g/mol. The molecule has 3 heteroatoms. The van der Waals surface area contributed by atoms with Gasteiger partial charge in [-0.05, 0) is 25.5 Å². The summed E-state index contributed by atoms with van der Waals surface area (Å²) in [6, 6.07) is 8.65. The maximum absolute atomic E-state index is 4.41. The molecule has 0 radical (unpaired) electrons. The van der Waals surface area contributed by atoms with Crippen LogP contribution in [0.1, 0.15) is 19.4 Å². The number of benzene rings is 1. The predicted molar refractivity (Wildman–Crippen MR) is 59.5 cm³/mol. The topological polar surface area (TPSA) is 36.4 Å². The van der Waals surface area contributed by atoms with Gasteiger partial charge in [-0.25, -0.2) is 4.99 Å². The number of para-hydroxylation sites is 1. The highest BCUT2D eigenvalue weighted by Crippen LogP contribution is 2.18. The first-order valence-electron chi connectivity index (χ1n) is 4.91. The normalized spacial score (nSPS) is 14.4. The second-order valence-electron chi connectivity index (χ2n) is 3.75. The summed E-state index contributed by atoms with van der Waals surface area (Å²) in [5.41, 5.74) is 2.41. The number of rotatable bonds is 1. The van der Waals surface area contributed by atoms with Gasteiger partial charge in [0.25, 0.3) is 0 Å². The fourth-order valence-corrected chi connectivity index (χ4v) is 1.47. The summed E-state index contributed by atoms with van der Waals surface area (Å²) in [7, 11) is 0. The van der Waals surface area contributed by atoms with Crippen molar-refractivity contribution in [3.63, 3.8) is 0 Å². The Kier molecular flexibility index (Phi) is 2.39. The Morgan fingerprint density at radius 1 is 1.36 bits per heavy atom. The van der Waals surface area contributed by atoms with Gasteiger partial charge in [0.2, 0.25) is 0 Å². The highest BCUT2D eigenvalue weighted by molar-refractivity contribution is 5.95. The molecule has 14 heavy (non-hydrogen) atoms. The van der Waals surface area contributed by atoms with Crippen molar-refractivity contribution in [3.05, 3.63) is 29.8 Å². The number of aliphatic imine (C=N–C) groups is 1. The Bertz CT molecular complexity index is 355. The predicted octanol–water partition coefficient (Wildman–Crippen LogP) is 1.97. The maximum Gasteiger partial charge on any atom is 0.196 e. The quantitative estimate of drug-likeness (QED) is 0.708. The summed E-state index contributed by atoms with van der Waals surface area (Å²) in [5, 5.41) is 6.53. The van der Waals surface area contributed by atoms with Gasteiger partial charge in [-0.1, -0.05) is 18.2 Å². The molecule has 0 bridgehead atoms. The van der Waals surface area contributed by atoms with Crippen molar-refractivity contribution in [3.8, 4) is 0 Å². The van der Waals surface area contributed by atoms with Crippen LogP contribution in [0.4, 0.5) is 5.69 Å². The monoisotopic (exact) mass is 189 g/mol. The number of hydrogen-bond acceptors (Lipinski definition) is 3. The molecule has 0 unspecified atom stereocenters. The van der Waals surface area contributed by atoms with E-state index in [1.54, 1.807) is 0 Å². The number of guanidine groups is 1. The van der Waals surface area contributed by atoms with Gasteiger partial charge in [-0.15, -0.1) is 0 Å². The largest absolute Gasteiger partial charge is 0.354 e. The highest BCUT2D eigenvalue weighted by atomic mass is 15.2. The van der Waals surface area contributed by atoms with Crippen molar-refractivity contribution in [1.29, 1.82) is 0 Å². The van der Waals surface area contributed by atoms with Gasteiger partial charge >= 0.3 is 0 Å². The molecular formula is C11H15N3. The second kappa shape index (κ2) is 3.70. The van der Waals surface area contributed by atoms with Crippen LogP contribution in [0.3, 0.4) is 0 Å². The van der Waals surface area contributed by atoms with Crippen molar-refractivity contribution in [2.24, 2.45) is 4.99 Å². The minimum atomic E-state index is 0.409. The zero-order chi connectivity index (χ0) is 9.97. The van der Waals surface area contributed by atoms with E-state index in [2.05, 4.69) is 41.6 Å². The summed E-state index contributed by atoms with van der Waals surface area (Å²) < 4.78 is 0. The Hall–Kier alpha value is -1.51. The van der Waals surface area contributed by atoms with E-state index in [1.165, 1.54) is 5.56 Å². The molecule has 0 spiro atoms. The molecule has 0 saturated carbocycles. The van der Waals surface area contributed by atoms with E-state index in [1.807, 2.05) is 12.1 Å². The lowest BCUT2D eigenvalue weighted by atomic mass is 10.1. The SMILES string of the molecule is CC(C)NC1=NCc2ccccc2N1. The van der Waals surface area contributed by atoms with E-state index in [0.29, 0.717) is 6.04 Å². The van der Waals surface area contributed by atoms with Crippen LogP contribution in [0.2, 0.25) is 0 Å². The average Bonchev–Trinajstić information content (AvgIpc) is 2.17. The van der Waals surface area contributed by atoms with E-state index in [-0.39, 0.29) is 0 Å². The van der Waals surface area contributed by atoms with Crippen molar-refractivity contribution in [2.75, 3.05) is 5.32 Å². The summed E-state index contributed by atoms with van der Waals surface area (Å²) in [4.78, 5) is 4.41. The van der Waals surface area contributed by atoms with Gasteiger partial charge in [0.1, 0.15) is 0 Å². The molecule has 74 valence electrons. The van der Waals surface area contributed by atoms with Crippen LogP contribution in [0, 0.1) is 0 Å². The van der Waals surface area contributed by atoms with Gasteiger partial charge in [0.05, 0.1) is 6.54 Å². The fourth-order valence-electron chi connectivity index (χ4n) is 1.47. The van der Waals surface area contributed by atoms with Gasteiger partial charge in [-0.2, -0.15) is 0 Å². The van der Waals surface area contributed by atoms with Crippen molar-refractivity contribution >= 4 is 11.6 Å². The third-order valence-electron chi connectivity index (χ3n) is 2.10. The van der Waals surface area contributed by atoms with Crippen molar-refractivity contribution < 1.29 is 0 Å². The van der Waals surface area contributed by atoms with Crippen molar-refractivity contribution in [1.82, 2.24) is 5.32 Å². The van der Waals surface area contributed by atoms with Crippen molar-refractivity contribution in [2.45, 2.75) is 26.4 Å². The van der Waals surface area contributed by atoms with E-state index >= 15 is 0 Å². The average molecular weight is 189 g/mol. The van der Waals surface area contributed by atoms with Crippen LogP contribution >= 0.6 is 0 Å². The molecule has 2 rings (SSSR count). The summed E-state index contributed by atoms with van der Waals surface area (Å²) >= 11 is 0. The molecule has 1 aromatic carbocycles. The zero-order valence-corrected chi connectivity index (χ0v) is 8.54. The molecule has 1 aromatic rings. The first-order chi connectivity index (χ1) is 6.75. The van der Waals surface area contributed by atoms with Crippen LogP contribution < -0.4 is 10.6 Å². The number of hydrogen-bond donors (Lipinski definition) is 2. The molecule has 0 aromatic heterocycles. The molecule has 1 heterocycles. The van der Waals surface area contributed by atoms with E-state index < -0.39 is 0 Å². The van der Waals surface area contributed by atoms with E-state index in [0.717, 1.165) is 18.2 Å². The van der Waals surface area contributed by atoms with Crippen LogP contribution in [0.5, 0.6) is 0 Å². The van der Waals surface area contributed by atoms with E-state index in [9.17, 15) is 0 Å². The third-order valence-corrected chi connectivity index (χ3v) is 2.10. The minimum absolute atomic E-state index is 0.409. The van der Waals surface area contributed by atoms with Crippen LogP contribution in [0.25, 0.3) is 0 Å². The standard InChI is InChI=1S/C11H15N3/c1-8(2)13-11-12-7-9-5-3-4-6-10(9)14-11/h3-6,8H,7H2,1-2H3,(H2,12,13,14). The third kappa shape index (κ3) is 1.87. The van der Waals surface area contributed by atoms with Gasteiger partial charge < -0.3 is 10.6 Å². The Labute approximate surface area is 84.2 Å². The second-order valence-corrected chi connectivity index (χ2v) is 3.75. The molecule has 0 amide bonds. The molecule has 0 fully saturated rings. The lowest BCUT2D eigenvalue weighted by molar-refractivity contribution is 0.725. The van der Waals surface area contributed by atoms with E-state index in [4.69, 9.17) is 0 Å². The molecule has 0 aliphatic carbocycles. The van der Waals surface area contributed by atoms with Gasteiger partial charge in [0, 0.05) is 11.7 Å². The van der Waals surface area contributed by atoms with Crippen LogP contribution in [-0.2, 0) is 6.54 Å². The Morgan fingerprint density at radius 3 is 2.93 bits per heavy atom. The number of anilines is 1. The van der Waals surface area contributed by atoms with Crippen LogP contribution in [0.15, 0.2) is 29.3 Å². The van der Waals surface area contributed by atoms with Crippen LogP contribution in [-0.4, -0.2) is 12.0 Å². The molecule has 1 aliphatic rings. The number of nitrogens with zero attached hydrogens (tertiary/aromatic N) is 1. The Morgan fingerprint density at radius 2 is 2.14 bits per heavy atom. The van der Waals surface area contributed by atoms with Gasteiger partial charge in [0.15, 0.2) is 5.96 Å². The maximum atomic E-state index is 4.41. The molecule has 3 nitrogen and oxygen atoms in total.